The van der Waals surface area contributed by atoms with Crippen molar-refractivity contribution in [3.05, 3.63) is 111 Å². The van der Waals surface area contributed by atoms with E-state index < -0.39 is 23.1 Å². The molecule has 2 N–H and O–H groups in total. The molecule has 0 aliphatic carbocycles. The van der Waals surface area contributed by atoms with Crippen LogP contribution >= 0.6 is 0 Å². The summed E-state index contributed by atoms with van der Waals surface area (Å²) in [5.74, 6) is 4.54. The van der Waals surface area contributed by atoms with Crippen molar-refractivity contribution in [1.82, 2.24) is 24.6 Å². The number of carbonyl (C=O) groups excluding carboxylic acids is 1. The molecule has 2 aromatic heterocycles. The highest BCUT2D eigenvalue weighted by molar-refractivity contribution is 5.95. The minimum absolute atomic E-state index is 0.00897. The largest absolute Gasteiger partial charge is 0.497 e. The Balaban J connectivity index is 1.23. The Kier molecular flexibility index (Phi) is 7.97. The van der Waals surface area contributed by atoms with Gasteiger partial charge in [0.15, 0.2) is 11.6 Å². The number of fused-ring (bicyclic) bond motifs is 1. The molecule has 0 saturated heterocycles. The Hall–Kier alpha value is -5.50. The van der Waals surface area contributed by atoms with Crippen LogP contribution in [0, 0.1) is 30.4 Å². The number of hydrogen-bond donors (Lipinski definition) is 2. The molecule has 0 atom stereocenters. The highest BCUT2D eigenvalue weighted by atomic mass is 19.2. The summed E-state index contributed by atoms with van der Waals surface area (Å²) in [6, 6.07) is 16.3. The Labute approximate surface area is 239 Å². The number of amides is 1. The number of methoxy groups -OCH3 is 1. The minimum Gasteiger partial charge on any atom is -0.497 e. The Morgan fingerprint density at radius 3 is 2.57 bits per heavy atom. The van der Waals surface area contributed by atoms with E-state index >= 15 is 0 Å². The lowest BCUT2D eigenvalue weighted by atomic mass is 10.1. The van der Waals surface area contributed by atoms with E-state index in [9.17, 15) is 18.4 Å². The van der Waals surface area contributed by atoms with E-state index in [1.54, 1.807) is 27.3 Å². The molecule has 5 aromatic rings. The van der Waals surface area contributed by atoms with Crippen molar-refractivity contribution in [1.29, 1.82) is 0 Å². The zero-order chi connectivity index (χ0) is 29.8. The molecule has 0 saturated carbocycles. The minimum atomic E-state index is -1.01. The molecule has 0 aliphatic rings. The van der Waals surface area contributed by atoms with E-state index in [2.05, 4.69) is 32.4 Å². The number of ether oxygens (including phenoxy) is 1. The lowest BCUT2D eigenvalue weighted by Gasteiger charge is -2.08. The van der Waals surface area contributed by atoms with Crippen LogP contribution in [0.4, 0.5) is 20.4 Å². The number of nitrogens with zero attached hydrogens (tertiary/aromatic N) is 4. The Morgan fingerprint density at radius 1 is 1.05 bits per heavy atom. The quantitative estimate of drug-likeness (QED) is 0.284. The van der Waals surface area contributed by atoms with Crippen molar-refractivity contribution in [2.24, 2.45) is 7.05 Å². The van der Waals surface area contributed by atoms with Crippen molar-refractivity contribution in [3.8, 4) is 17.6 Å². The van der Waals surface area contributed by atoms with E-state index in [1.807, 2.05) is 42.5 Å². The molecular formula is C31H26F2N6O3. The second kappa shape index (κ2) is 11.9. The molecule has 0 fully saturated rings. The molecule has 2 heterocycles. The third kappa shape index (κ3) is 5.97. The van der Waals surface area contributed by atoms with Gasteiger partial charge in [-0.2, -0.15) is 0 Å². The van der Waals surface area contributed by atoms with E-state index in [4.69, 9.17) is 4.74 Å². The number of rotatable bonds is 7. The highest BCUT2D eigenvalue weighted by Crippen LogP contribution is 2.20. The molecular weight excluding hydrogens is 542 g/mol. The van der Waals surface area contributed by atoms with Crippen molar-refractivity contribution >= 4 is 28.4 Å². The lowest BCUT2D eigenvalue weighted by Crippen LogP contribution is -2.31. The van der Waals surface area contributed by atoms with Gasteiger partial charge in [-0.25, -0.2) is 23.4 Å². The molecule has 3 aromatic carbocycles. The average molecular weight is 569 g/mol. The SMILES string of the molecule is COc1ccc(Nc2ncc3cc(C#CCNC(=O)c4c(C)n(C)n(Cc5ccc(F)c(F)c5)c4=O)ccc3n2)cc1. The van der Waals surface area contributed by atoms with Crippen molar-refractivity contribution in [2.45, 2.75) is 13.5 Å². The molecule has 42 heavy (non-hydrogen) atoms. The molecule has 0 radical (unpaired) electrons. The molecule has 0 bridgehead atoms. The van der Waals surface area contributed by atoms with Gasteiger partial charge in [0.1, 0.15) is 11.3 Å². The van der Waals surface area contributed by atoms with E-state index in [0.717, 1.165) is 34.5 Å². The number of benzene rings is 3. The third-order valence-electron chi connectivity index (χ3n) is 6.70. The first-order valence-corrected chi connectivity index (χ1v) is 12.9. The van der Waals surface area contributed by atoms with Crippen LogP contribution in [0.2, 0.25) is 0 Å². The normalized spacial score (nSPS) is 10.7. The molecule has 0 spiro atoms. The summed E-state index contributed by atoms with van der Waals surface area (Å²) in [5, 5.41) is 6.61. The first-order chi connectivity index (χ1) is 20.2. The van der Waals surface area contributed by atoms with Crippen LogP contribution in [0.1, 0.15) is 27.2 Å². The topological polar surface area (TPSA) is 103 Å². The van der Waals surface area contributed by atoms with Gasteiger partial charge in [-0.15, -0.1) is 0 Å². The van der Waals surface area contributed by atoms with Gasteiger partial charge in [0.25, 0.3) is 11.5 Å². The average Bonchev–Trinajstić information content (AvgIpc) is 3.20. The van der Waals surface area contributed by atoms with Crippen LogP contribution in [0.3, 0.4) is 0 Å². The van der Waals surface area contributed by atoms with Crippen molar-refractivity contribution < 1.29 is 18.3 Å². The lowest BCUT2D eigenvalue weighted by molar-refractivity contribution is 0.0956. The van der Waals surface area contributed by atoms with Crippen LogP contribution in [-0.2, 0) is 13.6 Å². The summed E-state index contributed by atoms with van der Waals surface area (Å²) in [4.78, 5) is 34.7. The fraction of sp³-hybridized carbons (Fsp3) is 0.161. The molecule has 0 unspecified atom stereocenters. The number of carbonyl (C=O) groups is 1. The van der Waals surface area contributed by atoms with Crippen LogP contribution < -0.4 is 20.9 Å². The number of hydrogen-bond acceptors (Lipinski definition) is 6. The van der Waals surface area contributed by atoms with Gasteiger partial charge in [0, 0.05) is 35.6 Å². The fourth-order valence-electron chi connectivity index (χ4n) is 4.35. The smallest absolute Gasteiger partial charge is 0.280 e. The summed E-state index contributed by atoms with van der Waals surface area (Å²) in [7, 11) is 3.23. The molecule has 11 heteroatoms. The Bertz CT molecular complexity index is 1920. The summed E-state index contributed by atoms with van der Waals surface area (Å²) >= 11 is 0. The van der Waals surface area contributed by atoms with E-state index in [0.29, 0.717) is 22.8 Å². The van der Waals surface area contributed by atoms with Gasteiger partial charge in [0.2, 0.25) is 5.95 Å². The van der Waals surface area contributed by atoms with Gasteiger partial charge >= 0.3 is 0 Å². The predicted molar refractivity (Wildman–Crippen MR) is 155 cm³/mol. The van der Waals surface area contributed by atoms with Gasteiger partial charge < -0.3 is 15.4 Å². The van der Waals surface area contributed by atoms with Gasteiger partial charge in [-0.1, -0.05) is 17.9 Å². The van der Waals surface area contributed by atoms with Crippen LogP contribution in [0.25, 0.3) is 10.9 Å². The molecule has 9 nitrogen and oxygen atoms in total. The predicted octanol–water partition coefficient (Wildman–Crippen LogP) is 4.30. The highest BCUT2D eigenvalue weighted by Gasteiger charge is 2.21. The standard InChI is InChI=1S/C31H26F2N6O3/c1-19-28(30(41)39(38(19)2)18-21-6-12-25(32)26(33)16-21)29(40)34-14-4-5-20-7-13-27-22(15-20)17-35-31(37-27)36-23-8-10-24(42-3)11-9-23/h6-13,15-17H,14,18H2,1-3H3,(H,34,40)(H,35,36,37). The first-order valence-electron chi connectivity index (χ1n) is 12.9. The number of aromatic nitrogens is 4. The maximum absolute atomic E-state index is 13.6. The second-order valence-corrected chi connectivity index (χ2v) is 9.40. The molecule has 5 rings (SSSR count). The molecule has 212 valence electrons. The van der Waals surface area contributed by atoms with Gasteiger partial charge in [0.05, 0.1) is 25.7 Å². The maximum Gasteiger partial charge on any atom is 0.280 e. The van der Waals surface area contributed by atoms with E-state index in [-0.39, 0.29) is 18.7 Å². The number of nitrogens with one attached hydrogen (secondary N) is 2. The van der Waals surface area contributed by atoms with E-state index in [1.165, 1.54) is 15.4 Å². The van der Waals surface area contributed by atoms with Crippen LogP contribution in [-0.4, -0.2) is 38.9 Å². The summed E-state index contributed by atoms with van der Waals surface area (Å²) in [5.41, 5.74) is 2.51. The third-order valence-corrected chi connectivity index (χ3v) is 6.70. The first kappa shape index (κ1) is 28.0. The van der Waals surface area contributed by atoms with Gasteiger partial charge in [-0.05, 0) is 67.1 Å². The zero-order valence-corrected chi connectivity index (χ0v) is 23.0. The number of anilines is 2. The molecule has 0 aliphatic heterocycles. The van der Waals surface area contributed by atoms with Crippen LogP contribution in [0.15, 0.2) is 71.7 Å². The van der Waals surface area contributed by atoms with Gasteiger partial charge in [-0.3, -0.25) is 14.3 Å². The van der Waals surface area contributed by atoms with Crippen molar-refractivity contribution in [3.63, 3.8) is 0 Å². The summed E-state index contributed by atoms with van der Waals surface area (Å²) in [6.45, 7) is 1.62. The number of halogens is 2. The monoisotopic (exact) mass is 568 g/mol. The summed E-state index contributed by atoms with van der Waals surface area (Å²) < 4.78 is 34.9. The summed E-state index contributed by atoms with van der Waals surface area (Å²) in [6.07, 6.45) is 1.70. The molecule has 1 amide bonds. The fourth-order valence-corrected chi connectivity index (χ4v) is 4.35. The maximum atomic E-state index is 13.6. The zero-order valence-electron chi connectivity index (χ0n) is 23.0. The second-order valence-electron chi connectivity index (χ2n) is 9.40. The van der Waals surface area contributed by atoms with Crippen molar-refractivity contribution in [2.75, 3.05) is 19.0 Å². The van der Waals surface area contributed by atoms with Crippen LogP contribution in [0.5, 0.6) is 5.75 Å². The Morgan fingerprint density at radius 2 is 1.83 bits per heavy atom.